The second-order valence-corrected chi connectivity index (χ2v) is 8.84. The first kappa shape index (κ1) is 26.0. The van der Waals surface area contributed by atoms with E-state index in [4.69, 9.17) is 25.8 Å². The molecule has 8 nitrogen and oxygen atoms in total. The number of carbonyl (C=O) groups is 2. The average Bonchev–Trinajstić information content (AvgIpc) is 3.18. The van der Waals surface area contributed by atoms with Gasteiger partial charge in [-0.25, -0.2) is 4.79 Å². The van der Waals surface area contributed by atoms with Gasteiger partial charge in [0, 0.05) is 27.7 Å². The summed E-state index contributed by atoms with van der Waals surface area (Å²) >= 11 is 6.53. The molecule has 0 radical (unpaired) electrons. The summed E-state index contributed by atoms with van der Waals surface area (Å²) in [6.45, 7) is 3.88. The van der Waals surface area contributed by atoms with Gasteiger partial charge in [0.05, 0.1) is 26.3 Å². The zero-order chi connectivity index (χ0) is 26.7. The van der Waals surface area contributed by atoms with Crippen LogP contribution in [0.15, 0.2) is 54.6 Å². The van der Waals surface area contributed by atoms with Crippen molar-refractivity contribution in [1.29, 1.82) is 0 Å². The lowest BCUT2D eigenvalue weighted by atomic mass is 10.0. The monoisotopic (exact) mass is 522 g/mol. The predicted molar refractivity (Wildman–Crippen MR) is 140 cm³/mol. The summed E-state index contributed by atoms with van der Waals surface area (Å²) in [5.41, 5.74) is 3.00. The van der Waals surface area contributed by atoms with E-state index in [1.165, 1.54) is 7.11 Å². The topological polar surface area (TPSA) is 99.9 Å². The third-order valence-corrected chi connectivity index (χ3v) is 6.57. The van der Waals surface area contributed by atoms with Crippen molar-refractivity contribution in [3.63, 3.8) is 0 Å². The summed E-state index contributed by atoms with van der Waals surface area (Å²) in [5, 5.41) is 10.5. The summed E-state index contributed by atoms with van der Waals surface area (Å²) in [4.78, 5) is 29.7. The maximum absolute atomic E-state index is 13.6. The molecule has 37 heavy (non-hydrogen) atoms. The molecule has 0 spiro atoms. The summed E-state index contributed by atoms with van der Waals surface area (Å²) in [5.74, 6) is 0.274. The first-order chi connectivity index (χ1) is 17.8. The molecule has 0 aliphatic rings. The van der Waals surface area contributed by atoms with Gasteiger partial charge in [-0.3, -0.25) is 4.79 Å². The van der Waals surface area contributed by atoms with E-state index < -0.39 is 12.1 Å². The van der Waals surface area contributed by atoms with Gasteiger partial charge in [-0.1, -0.05) is 18.5 Å². The van der Waals surface area contributed by atoms with Crippen molar-refractivity contribution in [1.82, 2.24) is 9.55 Å². The third kappa shape index (κ3) is 5.24. The van der Waals surface area contributed by atoms with Crippen LogP contribution >= 0.6 is 11.6 Å². The summed E-state index contributed by atoms with van der Waals surface area (Å²) < 4.78 is 18.1. The van der Waals surface area contributed by atoms with Gasteiger partial charge in [0.15, 0.2) is 11.9 Å². The minimum Gasteiger partial charge on any atom is -0.497 e. The Morgan fingerprint density at radius 3 is 2.35 bits per heavy atom. The van der Waals surface area contributed by atoms with E-state index in [2.05, 4.69) is 4.98 Å². The largest absolute Gasteiger partial charge is 0.497 e. The van der Waals surface area contributed by atoms with Crippen LogP contribution in [0.25, 0.3) is 11.0 Å². The molecule has 0 aliphatic carbocycles. The Labute approximate surface area is 219 Å². The second-order valence-electron chi connectivity index (χ2n) is 8.44. The molecular formula is C28H27ClN2O6. The fourth-order valence-electron chi connectivity index (χ4n) is 4.19. The van der Waals surface area contributed by atoms with Crippen molar-refractivity contribution < 1.29 is 28.9 Å². The van der Waals surface area contributed by atoms with Crippen molar-refractivity contribution in [2.24, 2.45) is 0 Å². The van der Waals surface area contributed by atoms with E-state index in [0.29, 0.717) is 62.2 Å². The molecule has 192 valence electrons. The van der Waals surface area contributed by atoms with Crippen molar-refractivity contribution in [2.45, 2.75) is 32.9 Å². The van der Waals surface area contributed by atoms with Crippen LogP contribution in [0.3, 0.4) is 0 Å². The quantitative estimate of drug-likeness (QED) is 0.273. The second kappa shape index (κ2) is 10.9. The Morgan fingerprint density at radius 2 is 1.73 bits per heavy atom. The predicted octanol–water partition coefficient (Wildman–Crippen LogP) is 5.54. The Balaban J connectivity index is 1.80. The number of rotatable bonds is 10. The van der Waals surface area contributed by atoms with E-state index in [-0.39, 0.29) is 12.3 Å². The third-order valence-electron chi connectivity index (χ3n) is 6.20. The number of hydrogen-bond acceptors (Lipinski definition) is 6. The van der Waals surface area contributed by atoms with Crippen LogP contribution in [0.2, 0.25) is 5.02 Å². The standard InChI is InChI=1S/C28H27ClN2O6/c1-5-23(28(33)34)37-20-10-12-22(29)18(14-20)15-31-16(2)25(21-11-13-24(36-4)30-27(21)31)26(32)17-6-8-19(35-3)9-7-17/h6-14,23H,5,15H2,1-4H3,(H,33,34)/t23-/m1/s1. The number of aliphatic carboxylic acids is 1. The van der Waals surface area contributed by atoms with Gasteiger partial charge in [-0.2, -0.15) is 4.98 Å². The summed E-state index contributed by atoms with van der Waals surface area (Å²) in [6, 6.07) is 15.5. The van der Waals surface area contributed by atoms with Gasteiger partial charge in [0.2, 0.25) is 5.88 Å². The van der Waals surface area contributed by atoms with Crippen molar-refractivity contribution in [3.8, 4) is 17.4 Å². The molecule has 0 saturated heterocycles. The van der Waals surface area contributed by atoms with E-state index in [1.807, 2.05) is 17.6 Å². The highest BCUT2D eigenvalue weighted by Gasteiger charge is 2.24. The SMILES string of the molecule is CC[C@@H](Oc1ccc(Cl)c(Cn2c(C)c(C(=O)c3ccc(OC)cc3)c3ccc(OC)nc32)c1)C(=O)O. The molecule has 9 heteroatoms. The van der Waals surface area contributed by atoms with E-state index >= 15 is 0 Å². The fourth-order valence-corrected chi connectivity index (χ4v) is 4.37. The number of fused-ring (bicyclic) bond motifs is 1. The molecule has 0 unspecified atom stereocenters. The number of halogens is 1. The number of carboxylic acid groups (broad SMARTS) is 1. The number of pyridine rings is 1. The first-order valence-electron chi connectivity index (χ1n) is 11.7. The van der Waals surface area contributed by atoms with Gasteiger partial charge in [0.1, 0.15) is 17.1 Å². The number of ketones is 1. The molecule has 2 aromatic carbocycles. The van der Waals surface area contributed by atoms with Crippen LogP contribution in [-0.4, -0.2) is 46.7 Å². The number of carbonyl (C=O) groups excluding carboxylic acids is 1. The summed E-state index contributed by atoms with van der Waals surface area (Å²) in [7, 11) is 3.10. The van der Waals surface area contributed by atoms with Gasteiger partial charge in [-0.05, 0) is 67.4 Å². The number of aromatic nitrogens is 2. The Kier molecular flexibility index (Phi) is 7.69. The van der Waals surface area contributed by atoms with Crippen LogP contribution in [0.4, 0.5) is 0 Å². The van der Waals surface area contributed by atoms with Gasteiger partial charge in [0.25, 0.3) is 0 Å². The van der Waals surface area contributed by atoms with Gasteiger partial charge >= 0.3 is 5.97 Å². The minimum absolute atomic E-state index is 0.147. The van der Waals surface area contributed by atoms with Crippen LogP contribution in [0, 0.1) is 6.92 Å². The molecule has 0 fully saturated rings. The van der Waals surface area contributed by atoms with Gasteiger partial charge < -0.3 is 23.9 Å². The Morgan fingerprint density at radius 1 is 1.03 bits per heavy atom. The van der Waals surface area contributed by atoms with Gasteiger partial charge in [-0.15, -0.1) is 0 Å². The average molecular weight is 523 g/mol. The van der Waals surface area contributed by atoms with Crippen LogP contribution in [0.5, 0.6) is 17.4 Å². The lowest BCUT2D eigenvalue weighted by Crippen LogP contribution is -2.25. The maximum Gasteiger partial charge on any atom is 0.344 e. The molecule has 1 N–H and O–H groups in total. The van der Waals surface area contributed by atoms with Crippen LogP contribution < -0.4 is 14.2 Å². The van der Waals surface area contributed by atoms with Crippen LogP contribution in [-0.2, 0) is 11.3 Å². The molecule has 2 heterocycles. The van der Waals surface area contributed by atoms with E-state index in [0.717, 1.165) is 0 Å². The Bertz CT molecular complexity index is 1460. The zero-order valence-corrected chi connectivity index (χ0v) is 21.7. The first-order valence-corrected chi connectivity index (χ1v) is 12.1. The molecule has 2 aromatic heterocycles. The number of carboxylic acids is 1. The highest BCUT2D eigenvalue weighted by molar-refractivity contribution is 6.31. The summed E-state index contributed by atoms with van der Waals surface area (Å²) in [6.07, 6.45) is -0.655. The molecule has 0 bridgehead atoms. The van der Waals surface area contributed by atoms with Crippen molar-refractivity contribution in [3.05, 3.63) is 82.0 Å². The lowest BCUT2D eigenvalue weighted by Gasteiger charge is -2.16. The number of benzene rings is 2. The maximum atomic E-state index is 13.6. The number of ether oxygens (including phenoxy) is 3. The molecule has 0 amide bonds. The number of methoxy groups -OCH3 is 2. The molecule has 4 aromatic rings. The normalized spacial score (nSPS) is 11.8. The molecule has 4 rings (SSSR count). The Hall–Kier alpha value is -4.04. The fraction of sp³-hybridized carbons (Fsp3) is 0.250. The highest BCUT2D eigenvalue weighted by Crippen LogP contribution is 2.32. The van der Waals surface area contributed by atoms with Crippen LogP contribution in [0.1, 0.15) is 40.5 Å². The molecule has 1 atom stereocenters. The smallest absolute Gasteiger partial charge is 0.344 e. The number of hydrogen-bond donors (Lipinski definition) is 1. The lowest BCUT2D eigenvalue weighted by molar-refractivity contribution is -0.145. The zero-order valence-electron chi connectivity index (χ0n) is 20.9. The van der Waals surface area contributed by atoms with E-state index in [9.17, 15) is 14.7 Å². The van der Waals surface area contributed by atoms with Crippen molar-refractivity contribution >= 4 is 34.4 Å². The number of nitrogens with zero attached hydrogens (tertiary/aromatic N) is 2. The van der Waals surface area contributed by atoms with E-state index in [1.54, 1.807) is 62.6 Å². The molecule has 0 aliphatic heterocycles. The minimum atomic E-state index is -1.04. The van der Waals surface area contributed by atoms with Crippen molar-refractivity contribution in [2.75, 3.05) is 14.2 Å². The molecule has 0 saturated carbocycles. The molecular weight excluding hydrogens is 496 g/mol. The highest BCUT2D eigenvalue weighted by atomic mass is 35.5.